The SMILES string of the molecule is CC1Oc2cc([N+](=O)[O-])c([N+](=O)[O-])cc2O1. The molecule has 1 aliphatic rings. The fourth-order valence-corrected chi connectivity index (χ4v) is 1.40. The van der Waals surface area contributed by atoms with Gasteiger partial charge in [0.15, 0.2) is 11.5 Å². The number of nitro benzene ring substituents is 2. The third kappa shape index (κ3) is 1.49. The van der Waals surface area contributed by atoms with Crippen LogP contribution in [0, 0.1) is 20.2 Å². The molecule has 1 aliphatic heterocycles. The lowest BCUT2D eigenvalue weighted by atomic mass is 10.2. The fourth-order valence-electron chi connectivity index (χ4n) is 1.40. The summed E-state index contributed by atoms with van der Waals surface area (Å²) in [7, 11) is 0. The van der Waals surface area contributed by atoms with E-state index in [4.69, 9.17) is 9.47 Å². The summed E-state index contributed by atoms with van der Waals surface area (Å²) in [5.41, 5.74) is -1.22. The zero-order valence-electron chi connectivity index (χ0n) is 8.08. The summed E-state index contributed by atoms with van der Waals surface area (Å²) in [6.45, 7) is 1.58. The highest BCUT2D eigenvalue weighted by Crippen LogP contribution is 2.42. The van der Waals surface area contributed by atoms with Crippen molar-refractivity contribution in [3.05, 3.63) is 32.4 Å². The Kier molecular flexibility index (Phi) is 2.11. The van der Waals surface area contributed by atoms with Gasteiger partial charge in [-0.3, -0.25) is 20.2 Å². The van der Waals surface area contributed by atoms with E-state index < -0.39 is 27.5 Å². The molecule has 16 heavy (non-hydrogen) atoms. The first-order chi connectivity index (χ1) is 7.49. The van der Waals surface area contributed by atoms with Gasteiger partial charge in [0.1, 0.15) is 0 Å². The van der Waals surface area contributed by atoms with E-state index in [1.165, 1.54) is 0 Å². The molecule has 2 rings (SSSR count). The maximum absolute atomic E-state index is 10.6. The van der Waals surface area contributed by atoms with Crippen molar-refractivity contribution in [1.82, 2.24) is 0 Å². The van der Waals surface area contributed by atoms with Gasteiger partial charge in [-0.05, 0) is 0 Å². The number of rotatable bonds is 2. The molecule has 0 bridgehead atoms. The first kappa shape index (κ1) is 10.1. The van der Waals surface area contributed by atoms with E-state index in [1.807, 2.05) is 0 Å². The van der Waals surface area contributed by atoms with Crippen molar-refractivity contribution in [2.75, 3.05) is 0 Å². The highest BCUT2D eigenvalue weighted by molar-refractivity contribution is 5.62. The van der Waals surface area contributed by atoms with Crippen molar-refractivity contribution in [2.24, 2.45) is 0 Å². The Bertz CT molecular complexity index is 443. The van der Waals surface area contributed by atoms with Crippen molar-refractivity contribution in [3.8, 4) is 11.5 Å². The average Bonchev–Trinajstić information content (AvgIpc) is 2.54. The largest absolute Gasteiger partial charge is 0.451 e. The number of fused-ring (bicyclic) bond motifs is 1. The van der Waals surface area contributed by atoms with Crippen LogP contribution in [0.1, 0.15) is 6.92 Å². The number of hydrogen-bond donors (Lipinski definition) is 0. The summed E-state index contributed by atoms with van der Waals surface area (Å²) in [5, 5.41) is 21.2. The van der Waals surface area contributed by atoms with E-state index >= 15 is 0 Å². The number of benzene rings is 1. The molecule has 8 nitrogen and oxygen atoms in total. The molecule has 8 heteroatoms. The van der Waals surface area contributed by atoms with Crippen LogP contribution in [-0.2, 0) is 0 Å². The lowest BCUT2D eigenvalue weighted by Gasteiger charge is -1.99. The second-order valence-electron chi connectivity index (χ2n) is 3.11. The monoisotopic (exact) mass is 226 g/mol. The molecule has 1 heterocycles. The van der Waals surface area contributed by atoms with E-state index in [-0.39, 0.29) is 11.5 Å². The van der Waals surface area contributed by atoms with Gasteiger partial charge in [0.05, 0.1) is 22.0 Å². The van der Waals surface area contributed by atoms with Crippen molar-refractivity contribution < 1.29 is 19.3 Å². The second kappa shape index (κ2) is 3.33. The lowest BCUT2D eigenvalue weighted by molar-refractivity contribution is -0.422. The molecular weight excluding hydrogens is 220 g/mol. The van der Waals surface area contributed by atoms with Gasteiger partial charge in [-0.25, -0.2) is 0 Å². The van der Waals surface area contributed by atoms with Crippen LogP contribution in [0.5, 0.6) is 11.5 Å². The summed E-state index contributed by atoms with van der Waals surface area (Å²) in [5.74, 6) is 0.287. The molecule has 0 N–H and O–H groups in total. The zero-order valence-corrected chi connectivity index (χ0v) is 8.08. The minimum Gasteiger partial charge on any atom is -0.451 e. The summed E-state index contributed by atoms with van der Waals surface area (Å²) >= 11 is 0. The van der Waals surface area contributed by atoms with Gasteiger partial charge in [-0.15, -0.1) is 0 Å². The predicted octanol–water partition coefficient (Wildman–Crippen LogP) is 1.62. The quantitative estimate of drug-likeness (QED) is 0.560. The number of nitro groups is 2. The summed E-state index contributed by atoms with van der Waals surface area (Å²) in [6, 6.07) is 1.99. The first-order valence-corrected chi connectivity index (χ1v) is 4.29. The average molecular weight is 226 g/mol. The molecule has 0 atom stereocenters. The molecule has 1 aromatic carbocycles. The van der Waals surface area contributed by atoms with Crippen molar-refractivity contribution in [2.45, 2.75) is 13.2 Å². The van der Waals surface area contributed by atoms with Gasteiger partial charge in [-0.1, -0.05) is 0 Å². The van der Waals surface area contributed by atoms with Crippen molar-refractivity contribution >= 4 is 11.4 Å². The molecule has 0 amide bonds. The Morgan fingerprint density at radius 2 is 1.44 bits per heavy atom. The van der Waals surface area contributed by atoms with Crippen LogP contribution in [0.4, 0.5) is 11.4 Å². The van der Waals surface area contributed by atoms with Crippen LogP contribution in [0.25, 0.3) is 0 Å². The normalized spacial score (nSPS) is 13.8. The Morgan fingerprint density at radius 1 is 1.06 bits per heavy atom. The summed E-state index contributed by atoms with van der Waals surface area (Å²) in [6.07, 6.45) is -0.600. The summed E-state index contributed by atoms with van der Waals surface area (Å²) in [4.78, 5) is 19.6. The van der Waals surface area contributed by atoms with Gasteiger partial charge < -0.3 is 9.47 Å². The van der Waals surface area contributed by atoms with Gasteiger partial charge in [0, 0.05) is 6.92 Å². The Morgan fingerprint density at radius 3 is 1.75 bits per heavy atom. The maximum atomic E-state index is 10.6. The highest BCUT2D eigenvalue weighted by atomic mass is 16.7. The van der Waals surface area contributed by atoms with Crippen molar-refractivity contribution in [3.63, 3.8) is 0 Å². The molecular formula is C8H6N2O6. The maximum Gasteiger partial charge on any atom is 0.350 e. The van der Waals surface area contributed by atoms with Crippen LogP contribution in [0.15, 0.2) is 12.1 Å². The Balaban J connectivity index is 2.58. The third-order valence-electron chi connectivity index (χ3n) is 2.02. The highest BCUT2D eigenvalue weighted by Gasteiger charge is 2.32. The second-order valence-corrected chi connectivity index (χ2v) is 3.11. The van der Waals surface area contributed by atoms with Crippen LogP contribution in [0.2, 0.25) is 0 Å². The van der Waals surface area contributed by atoms with Crippen LogP contribution < -0.4 is 9.47 Å². The minimum atomic E-state index is -0.829. The van der Waals surface area contributed by atoms with E-state index in [9.17, 15) is 20.2 Å². The fraction of sp³-hybridized carbons (Fsp3) is 0.250. The van der Waals surface area contributed by atoms with E-state index in [2.05, 4.69) is 0 Å². The Hall–Kier alpha value is -2.38. The molecule has 0 saturated heterocycles. The molecule has 0 aromatic heterocycles. The molecule has 84 valence electrons. The molecule has 1 aromatic rings. The van der Waals surface area contributed by atoms with Crippen LogP contribution >= 0.6 is 0 Å². The van der Waals surface area contributed by atoms with Gasteiger partial charge in [0.2, 0.25) is 6.29 Å². The van der Waals surface area contributed by atoms with E-state index in [0.717, 1.165) is 12.1 Å². The summed E-state index contributed by atoms with van der Waals surface area (Å²) < 4.78 is 10.2. The van der Waals surface area contributed by atoms with Gasteiger partial charge in [0.25, 0.3) is 0 Å². The number of ether oxygens (including phenoxy) is 2. The molecule has 0 spiro atoms. The molecule has 0 radical (unpaired) electrons. The molecule has 0 saturated carbocycles. The number of hydrogen-bond acceptors (Lipinski definition) is 6. The molecule has 0 unspecified atom stereocenters. The van der Waals surface area contributed by atoms with Crippen LogP contribution in [-0.4, -0.2) is 16.1 Å². The lowest BCUT2D eigenvalue weighted by Crippen LogP contribution is -2.11. The molecule has 0 aliphatic carbocycles. The van der Waals surface area contributed by atoms with Crippen LogP contribution in [0.3, 0.4) is 0 Å². The van der Waals surface area contributed by atoms with Crippen molar-refractivity contribution in [1.29, 1.82) is 0 Å². The Labute approximate surface area is 88.7 Å². The zero-order chi connectivity index (χ0) is 11.9. The van der Waals surface area contributed by atoms with Gasteiger partial charge >= 0.3 is 11.4 Å². The topological polar surface area (TPSA) is 105 Å². The predicted molar refractivity (Wildman–Crippen MR) is 50.5 cm³/mol. The molecule has 0 fully saturated rings. The van der Waals surface area contributed by atoms with E-state index in [1.54, 1.807) is 6.92 Å². The van der Waals surface area contributed by atoms with E-state index in [0.29, 0.717) is 0 Å². The number of nitrogens with zero attached hydrogens (tertiary/aromatic N) is 2. The third-order valence-corrected chi connectivity index (χ3v) is 2.02. The minimum absolute atomic E-state index is 0.143. The standard InChI is InChI=1S/C8H6N2O6/c1-4-15-7-2-5(9(11)12)6(10(13)14)3-8(7)16-4/h2-4H,1H3. The first-order valence-electron chi connectivity index (χ1n) is 4.29. The smallest absolute Gasteiger partial charge is 0.350 e. The van der Waals surface area contributed by atoms with Gasteiger partial charge in [-0.2, -0.15) is 0 Å².